The number of Topliss-reactive ketones (excluding diaryl/α,β-unsaturated/α-hetero) is 1. The third-order valence-corrected chi connectivity index (χ3v) is 7.01. The fraction of sp³-hybridized carbons (Fsp3) is 0.611. The van der Waals surface area contributed by atoms with Gasteiger partial charge in [-0.25, -0.2) is 4.98 Å². The number of carbonyl (C=O) groups is 3. The molecule has 2 aliphatic heterocycles. The van der Waals surface area contributed by atoms with Crippen LogP contribution in [0.1, 0.15) is 41.9 Å². The van der Waals surface area contributed by atoms with Crippen LogP contribution < -0.4 is 16.8 Å². The Labute approximate surface area is 177 Å². The van der Waals surface area contributed by atoms with Crippen molar-refractivity contribution in [2.75, 3.05) is 18.1 Å². The first-order chi connectivity index (χ1) is 14.0. The molecular formula is C18H26N6O3S2. The van der Waals surface area contributed by atoms with E-state index in [-0.39, 0.29) is 29.6 Å². The molecule has 2 fully saturated rings. The minimum atomic E-state index is -0.729. The van der Waals surface area contributed by atoms with E-state index in [9.17, 15) is 14.4 Å². The number of nitrogens with zero attached hydrogens (tertiary/aromatic N) is 3. The van der Waals surface area contributed by atoms with Gasteiger partial charge in [0, 0.05) is 42.1 Å². The molecular weight excluding hydrogens is 412 g/mol. The summed E-state index contributed by atoms with van der Waals surface area (Å²) in [6.45, 7) is 0.367. The quantitative estimate of drug-likeness (QED) is 0.230. The topological polar surface area (TPSA) is 144 Å². The van der Waals surface area contributed by atoms with Gasteiger partial charge < -0.3 is 21.7 Å². The van der Waals surface area contributed by atoms with Gasteiger partial charge in [0.15, 0.2) is 11.0 Å². The third kappa shape index (κ3) is 5.47. The minimum absolute atomic E-state index is 0.00859. The second-order valence-electron chi connectivity index (χ2n) is 7.11. The van der Waals surface area contributed by atoms with Gasteiger partial charge in [-0.2, -0.15) is 11.8 Å². The smallest absolute Gasteiger partial charge is 0.244 e. The number of hydrogen-bond donors (Lipinski definition) is 3. The Hall–Kier alpha value is -2.14. The maximum atomic E-state index is 13.1. The van der Waals surface area contributed by atoms with Gasteiger partial charge in [0.1, 0.15) is 6.04 Å². The summed E-state index contributed by atoms with van der Waals surface area (Å²) in [6.07, 6.45) is 4.74. The lowest BCUT2D eigenvalue weighted by atomic mass is 9.99. The number of ketones is 1. The maximum Gasteiger partial charge on any atom is 0.244 e. The van der Waals surface area contributed by atoms with Crippen LogP contribution in [0.3, 0.4) is 0 Å². The van der Waals surface area contributed by atoms with E-state index in [1.807, 2.05) is 0 Å². The normalized spacial score (nSPS) is 22.5. The molecule has 1 unspecified atom stereocenters. The first-order valence-corrected chi connectivity index (χ1v) is 11.7. The Bertz CT molecular complexity index is 764. The number of piperidine rings is 1. The van der Waals surface area contributed by atoms with E-state index in [1.54, 1.807) is 28.2 Å². The Morgan fingerprint density at radius 2 is 2.21 bits per heavy atom. The van der Waals surface area contributed by atoms with Crippen LogP contribution in [0, 0.1) is 0 Å². The van der Waals surface area contributed by atoms with Gasteiger partial charge in [0.05, 0.1) is 6.04 Å². The summed E-state index contributed by atoms with van der Waals surface area (Å²) < 4.78 is 0. The molecule has 1 aromatic rings. The fourth-order valence-corrected chi connectivity index (χ4v) is 5.59. The average Bonchev–Trinajstić information content (AvgIpc) is 3.24. The Balaban J connectivity index is 1.69. The zero-order chi connectivity index (χ0) is 20.8. The Kier molecular flexibility index (Phi) is 7.48. The molecule has 0 saturated carbocycles. The van der Waals surface area contributed by atoms with Gasteiger partial charge in [-0.15, -0.1) is 11.3 Å². The van der Waals surface area contributed by atoms with Crippen molar-refractivity contribution < 1.29 is 14.4 Å². The van der Waals surface area contributed by atoms with Crippen molar-refractivity contribution in [3.63, 3.8) is 0 Å². The summed E-state index contributed by atoms with van der Waals surface area (Å²) in [5.74, 6) is 0.899. The van der Waals surface area contributed by atoms with Crippen LogP contribution in [-0.2, 0) is 9.59 Å². The zero-order valence-electron chi connectivity index (χ0n) is 16.1. The van der Waals surface area contributed by atoms with Gasteiger partial charge in [0.2, 0.25) is 17.6 Å². The van der Waals surface area contributed by atoms with Gasteiger partial charge in [-0.1, -0.05) is 0 Å². The van der Waals surface area contributed by atoms with Crippen LogP contribution in [0.5, 0.6) is 0 Å². The number of hydrogen-bond acceptors (Lipinski definition) is 7. The lowest BCUT2D eigenvalue weighted by Gasteiger charge is -2.44. The second kappa shape index (κ2) is 10.1. The highest BCUT2D eigenvalue weighted by Crippen LogP contribution is 2.30. The number of nitrogens with two attached hydrogens (primary N) is 2. The van der Waals surface area contributed by atoms with Crippen LogP contribution in [0.2, 0.25) is 0 Å². The molecule has 9 nitrogen and oxygen atoms in total. The van der Waals surface area contributed by atoms with E-state index in [0.29, 0.717) is 36.6 Å². The predicted octanol–water partition coefficient (Wildman–Crippen LogP) is 0.361. The van der Waals surface area contributed by atoms with Crippen LogP contribution in [0.15, 0.2) is 16.6 Å². The SMILES string of the molecule is NC(N)=NCCCC(NC(=O)[C@@H]1CSC[C@H]2CCCC(=O)N21)C(=O)c1nccs1. The summed E-state index contributed by atoms with van der Waals surface area (Å²) in [6, 6.07) is -1.18. The number of aliphatic imine (C=N–C) groups is 1. The summed E-state index contributed by atoms with van der Waals surface area (Å²) in [4.78, 5) is 48.1. The number of thiazole rings is 1. The molecule has 158 valence electrons. The number of carbonyl (C=O) groups excluding carboxylic acids is 3. The molecule has 5 N–H and O–H groups in total. The van der Waals surface area contributed by atoms with Gasteiger partial charge in [-0.3, -0.25) is 19.4 Å². The van der Waals surface area contributed by atoms with Crippen molar-refractivity contribution in [1.29, 1.82) is 0 Å². The van der Waals surface area contributed by atoms with Crippen molar-refractivity contribution in [2.24, 2.45) is 16.5 Å². The van der Waals surface area contributed by atoms with E-state index in [1.165, 1.54) is 11.3 Å². The highest BCUT2D eigenvalue weighted by molar-refractivity contribution is 7.99. The molecule has 0 spiro atoms. The second-order valence-corrected chi connectivity index (χ2v) is 9.08. The highest BCUT2D eigenvalue weighted by atomic mass is 32.2. The van der Waals surface area contributed by atoms with E-state index < -0.39 is 12.1 Å². The van der Waals surface area contributed by atoms with E-state index in [4.69, 9.17) is 11.5 Å². The summed E-state index contributed by atoms with van der Waals surface area (Å²) in [7, 11) is 0. The molecule has 0 aliphatic carbocycles. The van der Waals surface area contributed by atoms with E-state index >= 15 is 0 Å². The summed E-state index contributed by atoms with van der Waals surface area (Å²) in [5.41, 5.74) is 10.7. The highest BCUT2D eigenvalue weighted by Gasteiger charge is 2.41. The summed E-state index contributed by atoms with van der Waals surface area (Å²) in [5, 5.41) is 4.95. The van der Waals surface area contributed by atoms with Crippen LogP contribution in [0.25, 0.3) is 0 Å². The molecule has 2 saturated heterocycles. The third-order valence-electron chi connectivity index (χ3n) is 5.06. The van der Waals surface area contributed by atoms with E-state index in [0.717, 1.165) is 18.6 Å². The molecule has 0 aromatic carbocycles. The Morgan fingerprint density at radius 1 is 1.38 bits per heavy atom. The molecule has 3 heterocycles. The fourth-order valence-electron chi connectivity index (χ4n) is 3.69. The number of nitrogens with one attached hydrogen (secondary N) is 1. The molecule has 11 heteroatoms. The lowest BCUT2D eigenvalue weighted by molar-refractivity contribution is -0.144. The molecule has 3 atom stereocenters. The minimum Gasteiger partial charge on any atom is -0.370 e. The lowest BCUT2D eigenvalue weighted by Crippen LogP contribution is -2.61. The first kappa shape index (κ1) is 21.6. The van der Waals surface area contributed by atoms with E-state index in [2.05, 4.69) is 15.3 Å². The number of fused-ring (bicyclic) bond motifs is 1. The van der Waals surface area contributed by atoms with Crippen molar-refractivity contribution in [3.05, 3.63) is 16.6 Å². The van der Waals surface area contributed by atoms with Crippen LogP contribution in [0.4, 0.5) is 0 Å². The predicted molar refractivity (Wildman–Crippen MR) is 114 cm³/mol. The average molecular weight is 439 g/mol. The zero-order valence-corrected chi connectivity index (χ0v) is 17.7. The molecule has 3 rings (SSSR count). The standard InChI is InChI=1S/C18H26N6O3S2/c19-18(20)22-6-2-4-12(15(26)17-21-7-8-29-17)23-16(27)13-10-28-9-11-3-1-5-14(25)24(11)13/h7-8,11-13H,1-6,9-10H2,(H,23,27)(H4,19,20,22)/t11-,12?,13+/m1/s1. The number of thioether (sulfide) groups is 1. The van der Waals surface area contributed by atoms with Crippen molar-refractivity contribution in [3.8, 4) is 0 Å². The molecule has 29 heavy (non-hydrogen) atoms. The van der Waals surface area contributed by atoms with Crippen molar-refractivity contribution in [1.82, 2.24) is 15.2 Å². The maximum absolute atomic E-state index is 13.1. The van der Waals surface area contributed by atoms with Gasteiger partial charge in [0.25, 0.3) is 0 Å². The van der Waals surface area contributed by atoms with Gasteiger partial charge >= 0.3 is 0 Å². The first-order valence-electron chi connectivity index (χ1n) is 9.65. The molecule has 1 aromatic heterocycles. The number of rotatable bonds is 8. The van der Waals surface area contributed by atoms with Gasteiger partial charge in [-0.05, 0) is 25.7 Å². The van der Waals surface area contributed by atoms with Crippen molar-refractivity contribution in [2.45, 2.75) is 50.2 Å². The largest absolute Gasteiger partial charge is 0.370 e. The molecule has 2 aliphatic rings. The molecule has 0 bridgehead atoms. The van der Waals surface area contributed by atoms with Crippen molar-refractivity contribution >= 4 is 46.7 Å². The monoisotopic (exact) mass is 438 g/mol. The number of aromatic nitrogens is 1. The molecule has 2 amide bonds. The number of guanidine groups is 1. The van der Waals surface area contributed by atoms with Crippen LogP contribution >= 0.6 is 23.1 Å². The number of amides is 2. The molecule has 0 radical (unpaired) electrons. The van der Waals surface area contributed by atoms with Crippen LogP contribution in [-0.4, -0.2) is 69.6 Å². The Morgan fingerprint density at radius 3 is 2.93 bits per heavy atom. The summed E-state index contributed by atoms with van der Waals surface area (Å²) >= 11 is 2.92.